The molecule has 0 aromatic heterocycles. The van der Waals surface area contributed by atoms with Crippen molar-refractivity contribution in [3.05, 3.63) is 0 Å². The summed E-state index contributed by atoms with van der Waals surface area (Å²) in [6.45, 7) is 1.24. The summed E-state index contributed by atoms with van der Waals surface area (Å²) in [5.41, 5.74) is 0. The van der Waals surface area contributed by atoms with Crippen LogP contribution in [0.4, 0.5) is 0 Å². The predicted molar refractivity (Wildman–Crippen MR) is 23.6 cm³/mol. The Kier molecular flexibility index (Phi) is 0.261. The van der Waals surface area contributed by atoms with Gasteiger partial charge in [0.2, 0.25) is 0 Å². The molecule has 32 valence electrons. The maximum atomic E-state index is 4.04. The number of rotatable bonds is 0. The first-order valence-electron chi connectivity index (χ1n) is 2.26. The van der Waals surface area contributed by atoms with Gasteiger partial charge in [0.1, 0.15) is 6.17 Å². The van der Waals surface area contributed by atoms with Crippen LogP contribution in [0.3, 0.4) is 0 Å². The van der Waals surface area contributed by atoms with Gasteiger partial charge < -0.3 is 4.90 Å². The molecule has 2 heteroatoms. The normalized spacial score (nSPS) is 37.3. The first kappa shape index (κ1) is 2.61. The molecule has 0 aromatic rings. The number of aliphatic imine (C=N–C) groups is 1. The second kappa shape index (κ2) is 0.600. The van der Waals surface area contributed by atoms with Crippen LogP contribution in [0.2, 0.25) is 0 Å². The summed E-state index contributed by atoms with van der Waals surface area (Å²) < 4.78 is 0. The molecule has 1 unspecified atom stereocenters. The minimum Gasteiger partial charge on any atom is -0.341 e. The zero-order valence-corrected chi connectivity index (χ0v) is 3.46. The van der Waals surface area contributed by atoms with Crippen molar-refractivity contribution in [2.45, 2.75) is 12.6 Å². The van der Waals surface area contributed by atoms with Crippen molar-refractivity contribution in [2.24, 2.45) is 4.99 Å². The largest absolute Gasteiger partial charge is 0.341 e. The minimum atomic E-state index is 0.616. The molecule has 0 radical (unpaired) electrons. The van der Waals surface area contributed by atoms with Gasteiger partial charge in [0.25, 0.3) is 0 Å². The zero-order chi connectivity index (χ0) is 3.98. The third-order valence-corrected chi connectivity index (χ3v) is 1.42. The topological polar surface area (TPSA) is 15.6 Å². The number of nitrogens with zero attached hydrogens (tertiary/aromatic N) is 2. The zero-order valence-electron chi connectivity index (χ0n) is 3.46. The first-order valence-corrected chi connectivity index (χ1v) is 2.26. The van der Waals surface area contributed by atoms with Gasteiger partial charge in [0.05, 0.1) is 6.34 Å². The molecule has 2 nitrogen and oxygen atoms in total. The van der Waals surface area contributed by atoms with Gasteiger partial charge >= 0.3 is 0 Å². The van der Waals surface area contributed by atoms with Gasteiger partial charge in [-0.3, -0.25) is 4.99 Å². The van der Waals surface area contributed by atoms with Crippen molar-refractivity contribution in [3.63, 3.8) is 0 Å². The summed E-state index contributed by atoms with van der Waals surface area (Å²) in [6, 6.07) is 0. The minimum absolute atomic E-state index is 0.616. The monoisotopic (exact) mass is 82.1 g/mol. The van der Waals surface area contributed by atoms with Gasteiger partial charge in [0, 0.05) is 13.0 Å². The second-order valence-electron chi connectivity index (χ2n) is 1.77. The van der Waals surface area contributed by atoms with Crippen molar-refractivity contribution in [1.29, 1.82) is 0 Å². The van der Waals surface area contributed by atoms with Gasteiger partial charge in [-0.05, 0) is 0 Å². The van der Waals surface area contributed by atoms with E-state index in [-0.39, 0.29) is 0 Å². The summed E-state index contributed by atoms with van der Waals surface area (Å²) in [6.07, 6.45) is 3.81. The van der Waals surface area contributed by atoms with E-state index in [0.717, 1.165) is 0 Å². The van der Waals surface area contributed by atoms with E-state index < -0.39 is 0 Å². The van der Waals surface area contributed by atoms with Crippen molar-refractivity contribution in [1.82, 2.24) is 4.90 Å². The quantitative estimate of drug-likeness (QED) is 0.403. The van der Waals surface area contributed by atoms with Crippen LogP contribution in [-0.2, 0) is 0 Å². The SMILES string of the molecule is C1=NC2CCN12. The molecule has 0 aromatic carbocycles. The predicted octanol–water partition coefficient (Wildman–Crippen LogP) is 0.0601. The molecular weight excluding hydrogens is 76.1 g/mol. The summed E-state index contributed by atoms with van der Waals surface area (Å²) >= 11 is 0. The highest BCUT2D eigenvalue weighted by molar-refractivity contribution is 5.63. The highest BCUT2D eigenvalue weighted by atomic mass is 15.4. The Morgan fingerprint density at radius 1 is 1.83 bits per heavy atom. The molecule has 1 atom stereocenters. The third-order valence-electron chi connectivity index (χ3n) is 1.42. The molecule has 2 aliphatic rings. The van der Waals surface area contributed by atoms with Crippen LogP contribution in [-0.4, -0.2) is 23.9 Å². The van der Waals surface area contributed by atoms with Crippen molar-refractivity contribution in [3.8, 4) is 0 Å². The lowest BCUT2D eigenvalue weighted by Gasteiger charge is -2.43. The molecule has 0 N–H and O–H groups in total. The van der Waals surface area contributed by atoms with E-state index in [2.05, 4.69) is 9.89 Å². The fraction of sp³-hybridized carbons (Fsp3) is 0.750. The van der Waals surface area contributed by atoms with Crippen molar-refractivity contribution in [2.75, 3.05) is 6.54 Å². The van der Waals surface area contributed by atoms with Gasteiger partial charge in [-0.1, -0.05) is 0 Å². The van der Waals surface area contributed by atoms with Gasteiger partial charge in [-0.15, -0.1) is 0 Å². The molecular formula is C4H6N2. The fourth-order valence-corrected chi connectivity index (χ4v) is 0.781. The van der Waals surface area contributed by atoms with E-state index in [1.54, 1.807) is 0 Å². The van der Waals surface area contributed by atoms with E-state index in [1.807, 2.05) is 6.34 Å². The molecule has 0 aliphatic carbocycles. The van der Waals surface area contributed by atoms with Crippen molar-refractivity contribution < 1.29 is 0 Å². The molecule has 2 aliphatic heterocycles. The second-order valence-corrected chi connectivity index (χ2v) is 1.77. The molecule has 2 rings (SSSR count). The third kappa shape index (κ3) is 0.117. The lowest BCUT2D eigenvalue weighted by molar-refractivity contribution is 0.162. The maximum Gasteiger partial charge on any atom is 0.125 e. The first-order chi connectivity index (χ1) is 2.97. The van der Waals surface area contributed by atoms with Gasteiger partial charge in [0.15, 0.2) is 0 Å². The van der Waals surface area contributed by atoms with Crippen LogP contribution in [0, 0.1) is 0 Å². The number of hydrogen-bond acceptors (Lipinski definition) is 2. The summed E-state index contributed by atoms with van der Waals surface area (Å²) in [5.74, 6) is 0. The van der Waals surface area contributed by atoms with Crippen LogP contribution in [0.5, 0.6) is 0 Å². The number of hydrogen-bond donors (Lipinski definition) is 0. The fourth-order valence-electron chi connectivity index (χ4n) is 0.781. The standard InChI is InChI=1S/C4H6N2/c1-2-6-3-5-4(1)6/h3-4H,1-2H2. The molecule has 0 amide bonds. The van der Waals surface area contributed by atoms with Crippen molar-refractivity contribution >= 4 is 6.34 Å². The Bertz CT molecular complexity index is 85.7. The highest BCUT2D eigenvalue weighted by Crippen LogP contribution is 2.21. The smallest absolute Gasteiger partial charge is 0.125 e. The van der Waals surface area contributed by atoms with Crippen LogP contribution in [0.25, 0.3) is 0 Å². The molecule has 0 saturated carbocycles. The van der Waals surface area contributed by atoms with E-state index in [0.29, 0.717) is 6.17 Å². The average Bonchev–Trinajstić information content (AvgIpc) is 1.54. The summed E-state index contributed by atoms with van der Waals surface area (Å²) in [5, 5.41) is 0. The van der Waals surface area contributed by atoms with E-state index >= 15 is 0 Å². The molecule has 2 heterocycles. The molecule has 0 bridgehead atoms. The van der Waals surface area contributed by atoms with E-state index in [4.69, 9.17) is 0 Å². The molecule has 6 heavy (non-hydrogen) atoms. The van der Waals surface area contributed by atoms with Crippen LogP contribution in [0.15, 0.2) is 4.99 Å². The summed E-state index contributed by atoms with van der Waals surface area (Å²) in [7, 11) is 0. The Balaban J connectivity index is 2.24. The van der Waals surface area contributed by atoms with E-state index in [1.165, 1.54) is 13.0 Å². The number of fused-ring (bicyclic) bond motifs is 1. The van der Waals surface area contributed by atoms with Gasteiger partial charge in [-0.25, -0.2) is 0 Å². The van der Waals surface area contributed by atoms with Crippen LogP contribution in [0.1, 0.15) is 6.42 Å². The average molecular weight is 82.1 g/mol. The highest BCUT2D eigenvalue weighted by Gasteiger charge is 2.29. The van der Waals surface area contributed by atoms with Gasteiger partial charge in [-0.2, -0.15) is 0 Å². The Labute approximate surface area is 36.5 Å². The molecule has 1 saturated heterocycles. The lowest BCUT2D eigenvalue weighted by atomic mass is 10.1. The van der Waals surface area contributed by atoms with E-state index in [9.17, 15) is 0 Å². The Morgan fingerprint density at radius 3 is 2.67 bits per heavy atom. The lowest BCUT2D eigenvalue weighted by Crippen LogP contribution is -2.52. The maximum absolute atomic E-state index is 4.04. The Morgan fingerprint density at radius 2 is 2.67 bits per heavy atom. The molecule has 0 spiro atoms. The Hall–Kier alpha value is -0.530. The van der Waals surface area contributed by atoms with Crippen LogP contribution < -0.4 is 0 Å². The summed E-state index contributed by atoms with van der Waals surface area (Å²) in [4.78, 5) is 6.27. The van der Waals surface area contributed by atoms with Crippen LogP contribution >= 0.6 is 0 Å². The molecule has 1 fully saturated rings.